The van der Waals surface area contributed by atoms with E-state index in [0.29, 0.717) is 10.8 Å². The van der Waals surface area contributed by atoms with E-state index in [4.69, 9.17) is 27.4 Å². The van der Waals surface area contributed by atoms with Crippen LogP contribution in [0.4, 0.5) is 0 Å². The van der Waals surface area contributed by atoms with Crippen molar-refractivity contribution in [1.29, 1.82) is 5.26 Å². The van der Waals surface area contributed by atoms with Gasteiger partial charge in [-0.3, -0.25) is 10.2 Å². The predicted octanol–water partition coefficient (Wildman–Crippen LogP) is 1.61. The second-order valence-corrected chi connectivity index (χ2v) is 4.78. The molecule has 0 aliphatic rings. The molecule has 0 fully saturated rings. The van der Waals surface area contributed by atoms with Crippen LogP contribution in [0.25, 0.3) is 0 Å². The Morgan fingerprint density at radius 2 is 2.28 bits per heavy atom. The Bertz CT molecular complexity index is 495. The molecule has 1 amide bonds. The first-order chi connectivity index (χ1) is 8.42. The lowest BCUT2D eigenvalue weighted by atomic mass is 9.94. The average molecular weight is 268 g/mol. The van der Waals surface area contributed by atoms with Crippen LogP contribution in [-0.2, 0) is 4.79 Å². The summed E-state index contributed by atoms with van der Waals surface area (Å²) in [7, 11) is 0. The van der Waals surface area contributed by atoms with Gasteiger partial charge in [0.05, 0.1) is 10.4 Å². The minimum atomic E-state index is -0.802. The number of nitrogens with one attached hydrogen (secondary N) is 1. The van der Waals surface area contributed by atoms with E-state index in [-0.39, 0.29) is 18.1 Å². The number of carbonyl (C=O) groups is 1. The highest BCUT2D eigenvalue weighted by molar-refractivity contribution is 6.31. The average Bonchev–Trinajstić information content (AvgIpc) is 2.35. The molecule has 0 radical (unpaired) electrons. The standard InChI is InChI=1S/C12H14ClN3O2/c1-12(2,11(17)16-15)7-18-10-5-3-4-9(13)8(10)6-14/h3-5H,7,15H2,1-2H3,(H,16,17). The second-order valence-electron chi connectivity index (χ2n) is 4.37. The van der Waals surface area contributed by atoms with Crippen molar-refractivity contribution in [2.24, 2.45) is 11.3 Å². The summed E-state index contributed by atoms with van der Waals surface area (Å²) in [5.74, 6) is 5.08. The number of hydrogen-bond donors (Lipinski definition) is 2. The lowest BCUT2D eigenvalue weighted by molar-refractivity contribution is -0.130. The van der Waals surface area contributed by atoms with Crippen LogP contribution in [0.2, 0.25) is 5.02 Å². The maximum Gasteiger partial charge on any atom is 0.242 e. The molecule has 5 nitrogen and oxygen atoms in total. The molecule has 18 heavy (non-hydrogen) atoms. The number of benzene rings is 1. The number of halogens is 1. The molecule has 0 unspecified atom stereocenters. The lowest BCUT2D eigenvalue weighted by Gasteiger charge is -2.22. The quantitative estimate of drug-likeness (QED) is 0.493. The molecule has 1 aromatic rings. The molecule has 6 heteroatoms. The van der Waals surface area contributed by atoms with E-state index in [1.165, 1.54) is 0 Å². The van der Waals surface area contributed by atoms with Gasteiger partial charge in [-0.1, -0.05) is 17.7 Å². The molecule has 0 saturated heterocycles. The Hall–Kier alpha value is -1.77. The normalized spacial score (nSPS) is 10.6. The number of carbonyl (C=O) groups excluding carboxylic acids is 1. The van der Waals surface area contributed by atoms with Gasteiger partial charge in [0.25, 0.3) is 0 Å². The van der Waals surface area contributed by atoms with Crippen molar-refractivity contribution in [2.75, 3.05) is 6.61 Å². The summed E-state index contributed by atoms with van der Waals surface area (Å²) in [6, 6.07) is 6.86. The van der Waals surface area contributed by atoms with Gasteiger partial charge in [0.15, 0.2) is 0 Å². The molecule has 0 saturated carbocycles. The first kappa shape index (κ1) is 14.3. The van der Waals surface area contributed by atoms with E-state index in [1.807, 2.05) is 6.07 Å². The van der Waals surface area contributed by atoms with Crippen molar-refractivity contribution >= 4 is 17.5 Å². The van der Waals surface area contributed by atoms with Gasteiger partial charge < -0.3 is 4.74 Å². The fraction of sp³-hybridized carbons (Fsp3) is 0.333. The van der Waals surface area contributed by atoms with Gasteiger partial charge in [-0.25, -0.2) is 5.84 Å². The molecular formula is C12H14ClN3O2. The van der Waals surface area contributed by atoms with Crippen molar-refractivity contribution in [1.82, 2.24) is 5.43 Å². The van der Waals surface area contributed by atoms with Gasteiger partial charge in [-0.15, -0.1) is 0 Å². The maximum absolute atomic E-state index is 11.5. The van der Waals surface area contributed by atoms with Gasteiger partial charge in [-0.05, 0) is 26.0 Å². The summed E-state index contributed by atoms with van der Waals surface area (Å²) in [6.07, 6.45) is 0. The zero-order chi connectivity index (χ0) is 13.8. The number of hydrazine groups is 1. The Morgan fingerprint density at radius 3 is 2.83 bits per heavy atom. The van der Waals surface area contributed by atoms with Gasteiger partial charge in [0.1, 0.15) is 24.0 Å². The summed E-state index contributed by atoms with van der Waals surface area (Å²) >= 11 is 5.87. The molecule has 0 aliphatic heterocycles. The number of hydrogen-bond acceptors (Lipinski definition) is 4. The largest absolute Gasteiger partial charge is 0.491 e. The topological polar surface area (TPSA) is 88.1 Å². The zero-order valence-corrected chi connectivity index (χ0v) is 10.9. The first-order valence-corrected chi connectivity index (χ1v) is 5.62. The summed E-state index contributed by atoms with van der Waals surface area (Å²) in [4.78, 5) is 11.5. The highest BCUT2D eigenvalue weighted by Gasteiger charge is 2.28. The van der Waals surface area contributed by atoms with Crippen LogP contribution in [0.3, 0.4) is 0 Å². The molecule has 1 rings (SSSR count). The van der Waals surface area contributed by atoms with Gasteiger partial charge >= 0.3 is 0 Å². The van der Waals surface area contributed by atoms with Crippen LogP contribution in [0.1, 0.15) is 19.4 Å². The Kier molecular flexibility index (Phi) is 4.54. The van der Waals surface area contributed by atoms with Crippen molar-refractivity contribution in [2.45, 2.75) is 13.8 Å². The highest BCUT2D eigenvalue weighted by atomic mass is 35.5. The molecule has 0 aliphatic carbocycles. The minimum Gasteiger partial charge on any atom is -0.491 e. The molecule has 3 N–H and O–H groups in total. The number of rotatable bonds is 4. The second kappa shape index (κ2) is 5.71. The van der Waals surface area contributed by atoms with E-state index in [1.54, 1.807) is 32.0 Å². The van der Waals surface area contributed by atoms with Crippen LogP contribution in [-0.4, -0.2) is 12.5 Å². The molecule has 0 atom stereocenters. The third-order valence-corrected chi connectivity index (χ3v) is 2.74. The van der Waals surface area contributed by atoms with Crippen LogP contribution >= 0.6 is 11.6 Å². The van der Waals surface area contributed by atoms with E-state index >= 15 is 0 Å². The van der Waals surface area contributed by atoms with Crippen molar-refractivity contribution < 1.29 is 9.53 Å². The smallest absolute Gasteiger partial charge is 0.242 e. The van der Waals surface area contributed by atoms with Crippen LogP contribution in [0, 0.1) is 16.7 Å². The van der Waals surface area contributed by atoms with E-state index in [2.05, 4.69) is 5.43 Å². The number of nitrogens with two attached hydrogens (primary N) is 1. The fourth-order valence-electron chi connectivity index (χ4n) is 1.25. The van der Waals surface area contributed by atoms with Crippen molar-refractivity contribution in [3.8, 4) is 11.8 Å². The van der Waals surface area contributed by atoms with Gasteiger partial charge in [0, 0.05) is 0 Å². The molecule has 0 spiro atoms. The Labute approximate surface area is 110 Å². The Morgan fingerprint density at radius 1 is 1.61 bits per heavy atom. The van der Waals surface area contributed by atoms with Gasteiger partial charge in [0.2, 0.25) is 5.91 Å². The van der Waals surface area contributed by atoms with Gasteiger partial charge in [-0.2, -0.15) is 5.26 Å². The molecule has 96 valence electrons. The number of ether oxygens (including phenoxy) is 1. The third-order valence-electron chi connectivity index (χ3n) is 2.42. The number of nitrogens with zero attached hydrogens (tertiary/aromatic N) is 1. The Balaban J connectivity index is 2.85. The van der Waals surface area contributed by atoms with E-state index in [0.717, 1.165) is 0 Å². The van der Waals surface area contributed by atoms with Crippen molar-refractivity contribution in [3.63, 3.8) is 0 Å². The SMILES string of the molecule is CC(C)(COc1cccc(Cl)c1C#N)C(=O)NN. The molecule has 0 bridgehead atoms. The third kappa shape index (κ3) is 3.13. The summed E-state index contributed by atoms with van der Waals surface area (Å²) in [5.41, 5.74) is 1.52. The highest BCUT2D eigenvalue weighted by Crippen LogP contribution is 2.27. The number of nitriles is 1. The molecule has 0 aromatic heterocycles. The summed E-state index contributed by atoms with van der Waals surface area (Å²) in [6.45, 7) is 3.46. The molecule has 1 aromatic carbocycles. The predicted molar refractivity (Wildman–Crippen MR) is 67.8 cm³/mol. The molecule has 0 heterocycles. The monoisotopic (exact) mass is 267 g/mol. The maximum atomic E-state index is 11.5. The summed E-state index contributed by atoms with van der Waals surface area (Å²) in [5, 5.41) is 9.29. The van der Waals surface area contributed by atoms with Crippen LogP contribution in [0.5, 0.6) is 5.75 Å². The fourth-order valence-corrected chi connectivity index (χ4v) is 1.46. The summed E-state index contributed by atoms with van der Waals surface area (Å²) < 4.78 is 5.47. The zero-order valence-electron chi connectivity index (χ0n) is 10.2. The molecular weight excluding hydrogens is 254 g/mol. The lowest BCUT2D eigenvalue weighted by Crippen LogP contribution is -2.44. The minimum absolute atomic E-state index is 0.0883. The van der Waals surface area contributed by atoms with Crippen LogP contribution in [0.15, 0.2) is 18.2 Å². The first-order valence-electron chi connectivity index (χ1n) is 5.25. The van der Waals surface area contributed by atoms with E-state index < -0.39 is 5.41 Å². The van der Waals surface area contributed by atoms with Crippen LogP contribution < -0.4 is 16.0 Å². The number of amides is 1. The van der Waals surface area contributed by atoms with Crippen molar-refractivity contribution in [3.05, 3.63) is 28.8 Å². The van der Waals surface area contributed by atoms with E-state index in [9.17, 15) is 4.79 Å².